The first kappa shape index (κ1) is 19.9. The van der Waals surface area contributed by atoms with Gasteiger partial charge in [-0.25, -0.2) is 0 Å². The lowest BCUT2D eigenvalue weighted by Gasteiger charge is -2.30. The highest BCUT2D eigenvalue weighted by Gasteiger charge is 2.17. The topological polar surface area (TPSA) is 61.9 Å². The van der Waals surface area contributed by atoms with Crippen LogP contribution in [0.5, 0.6) is 0 Å². The second-order valence-electron chi connectivity index (χ2n) is 6.92. The summed E-state index contributed by atoms with van der Waals surface area (Å²) in [6.45, 7) is 6.82. The third-order valence-corrected chi connectivity index (χ3v) is 4.79. The highest BCUT2D eigenvalue weighted by molar-refractivity contribution is 5.96. The third kappa shape index (κ3) is 5.10. The van der Waals surface area contributed by atoms with E-state index in [2.05, 4.69) is 10.2 Å². The lowest BCUT2D eigenvalue weighted by Crippen LogP contribution is -2.37. The van der Waals surface area contributed by atoms with Crippen molar-refractivity contribution >= 4 is 28.9 Å². The Labute approximate surface area is 166 Å². The van der Waals surface area contributed by atoms with E-state index in [0.29, 0.717) is 19.8 Å². The first-order valence-corrected chi connectivity index (χ1v) is 9.61. The van der Waals surface area contributed by atoms with Crippen LogP contribution in [0.25, 0.3) is 0 Å². The Morgan fingerprint density at radius 3 is 2.57 bits per heavy atom. The van der Waals surface area contributed by atoms with Gasteiger partial charge < -0.3 is 19.9 Å². The van der Waals surface area contributed by atoms with Crippen molar-refractivity contribution in [1.82, 2.24) is 0 Å². The van der Waals surface area contributed by atoms with Crippen molar-refractivity contribution in [3.8, 4) is 0 Å². The molecule has 1 fully saturated rings. The predicted octanol–water partition coefficient (Wildman–Crippen LogP) is 3.21. The van der Waals surface area contributed by atoms with E-state index in [9.17, 15) is 9.59 Å². The molecule has 2 aromatic carbocycles. The van der Waals surface area contributed by atoms with Crippen molar-refractivity contribution in [2.24, 2.45) is 0 Å². The van der Waals surface area contributed by atoms with Crippen molar-refractivity contribution in [1.29, 1.82) is 0 Å². The van der Waals surface area contributed by atoms with Crippen LogP contribution in [0.15, 0.2) is 48.5 Å². The molecule has 0 saturated carbocycles. The van der Waals surface area contributed by atoms with Crippen LogP contribution in [-0.4, -0.2) is 44.7 Å². The van der Waals surface area contributed by atoms with Crippen LogP contribution in [0.4, 0.5) is 17.1 Å². The monoisotopic (exact) mass is 381 g/mol. The molecule has 1 aliphatic rings. The molecule has 2 aromatic rings. The summed E-state index contributed by atoms with van der Waals surface area (Å²) < 4.78 is 5.41. The molecule has 1 N–H and O–H groups in total. The van der Waals surface area contributed by atoms with E-state index < -0.39 is 0 Å². The minimum Gasteiger partial charge on any atom is -0.378 e. The van der Waals surface area contributed by atoms with Gasteiger partial charge in [0.25, 0.3) is 0 Å². The number of hydrogen-bond donors (Lipinski definition) is 1. The van der Waals surface area contributed by atoms with E-state index in [1.54, 1.807) is 4.90 Å². The molecule has 0 aliphatic carbocycles. The summed E-state index contributed by atoms with van der Waals surface area (Å²) in [5, 5.41) is 3.01. The van der Waals surface area contributed by atoms with Crippen LogP contribution in [0.2, 0.25) is 0 Å². The Hall–Kier alpha value is -2.86. The molecule has 3 rings (SSSR count). The van der Waals surface area contributed by atoms with Gasteiger partial charge in [0.2, 0.25) is 11.8 Å². The minimum atomic E-state index is -0.111. The van der Waals surface area contributed by atoms with Gasteiger partial charge in [0.15, 0.2) is 0 Å². The van der Waals surface area contributed by atoms with E-state index in [4.69, 9.17) is 4.74 Å². The molecule has 0 unspecified atom stereocenters. The molecule has 28 heavy (non-hydrogen) atoms. The molecule has 0 atom stereocenters. The number of nitrogens with zero attached hydrogens (tertiary/aromatic N) is 2. The molecule has 0 aromatic heterocycles. The van der Waals surface area contributed by atoms with Crippen LogP contribution in [0.1, 0.15) is 18.9 Å². The van der Waals surface area contributed by atoms with Gasteiger partial charge in [-0.1, -0.05) is 24.3 Å². The van der Waals surface area contributed by atoms with Gasteiger partial charge in [0, 0.05) is 38.7 Å². The minimum absolute atomic E-state index is 0.0767. The number of anilines is 3. The average Bonchev–Trinajstić information content (AvgIpc) is 2.69. The first-order valence-electron chi connectivity index (χ1n) is 9.61. The van der Waals surface area contributed by atoms with Crippen LogP contribution in [0.3, 0.4) is 0 Å². The van der Waals surface area contributed by atoms with Crippen LogP contribution in [-0.2, 0) is 14.3 Å². The van der Waals surface area contributed by atoms with Gasteiger partial charge >= 0.3 is 0 Å². The van der Waals surface area contributed by atoms with E-state index >= 15 is 0 Å². The Balaban J connectivity index is 1.64. The number of ether oxygens (including phenoxy) is 1. The van der Waals surface area contributed by atoms with Crippen molar-refractivity contribution < 1.29 is 14.3 Å². The Morgan fingerprint density at radius 2 is 1.86 bits per heavy atom. The smallest absolute Gasteiger partial charge is 0.226 e. The molecule has 1 heterocycles. The number of hydrogen-bond acceptors (Lipinski definition) is 4. The molecule has 0 bridgehead atoms. The van der Waals surface area contributed by atoms with Crippen molar-refractivity contribution in [2.75, 3.05) is 48.0 Å². The predicted molar refractivity (Wildman–Crippen MR) is 112 cm³/mol. The average molecular weight is 381 g/mol. The number of aryl methyl sites for hydroxylation is 1. The molecule has 0 spiro atoms. The maximum atomic E-state index is 12.6. The van der Waals surface area contributed by atoms with Gasteiger partial charge in [0.1, 0.15) is 0 Å². The second kappa shape index (κ2) is 9.37. The highest BCUT2D eigenvalue weighted by Crippen LogP contribution is 2.26. The van der Waals surface area contributed by atoms with Gasteiger partial charge in [-0.15, -0.1) is 0 Å². The molecule has 6 nitrogen and oxygen atoms in total. The Morgan fingerprint density at radius 1 is 1.11 bits per heavy atom. The summed E-state index contributed by atoms with van der Waals surface area (Å²) >= 11 is 0. The summed E-state index contributed by atoms with van der Waals surface area (Å²) in [6, 6.07) is 15.5. The molecule has 2 amide bonds. The van der Waals surface area contributed by atoms with Crippen LogP contribution < -0.4 is 15.1 Å². The van der Waals surface area contributed by atoms with E-state index in [1.807, 2.05) is 55.5 Å². The second-order valence-corrected chi connectivity index (χ2v) is 6.92. The summed E-state index contributed by atoms with van der Waals surface area (Å²) in [7, 11) is 0. The van der Waals surface area contributed by atoms with Crippen LogP contribution >= 0.6 is 0 Å². The maximum absolute atomic E-state index is 12.6. The Kier molecular flexibility index (Phi) is 6.66. The van der Waals surface area contributed by atoms with Gasteiger partial charge in [0.05, 0.1) is 24.6 Å². The maximum Gasteiger partial charge on any atom is 0.226 e. The largest absolute Gasteiger partial charge is 0.378 e. The zero-order chi connectivity index (χ0) is 19.9. The normalized spacial score (nSPS) is 13.9. The number of carbonyl (C=O) groups is 2. The summed E-state index contributed by atoms with van der Waals surface area (Å²) in [4.78, 5) is 28.5. The fourth-order valence-electron chi connectivity index (χ4n) is 3.35. The van der Waals surface area contributed by atoms with E-state index in [0.717, 1.165) is 35.7 Å². The molecule has 6 heteroatoms. The van der Waals surface area contributed by atoms with Crippen molar-refractivity contribution in [2.45, 2.75) is 20.3 Å². The number of rotatable bonds is 6. The molecular formula is C22H27N3O3. The molecule has 148 valence electrons. The van der Waals surface area contributed by atoms with Crippen molar-refractivity contribution in [3.63, 3.8) is 0 Å². The number of carbonyl (C=O) groups excluding carboxylic acids is 2. The molecule has 1 aliphatic heterocycles. The number of nitrogens with one attached hydrogen (secondary N) is 1. The molecule has 1 saturated heterocycles. The van der Waals surface area contributed by atoms with E-state index in [-0.39, 0.29) is 18.2 Å². The summed E-state index contributed by atoms with van der Waals surface area (Å²) in [5.41, 5.74) is 3.68. The zero-order valence-corrected chi connectivity index (χ0v) is 16.5. The number of benzene rings is 2. The highest BCUT2D eigenvalue weighted by atomic mass is 16.5. The quantitative estimate of drug-likeness (QED) is 0.835. The standard InChI is InChI=1S/C22H27N3O3/c1-17-6-5-7-19(16-17)25(18(2)26)11-10-22(27)23-20-8-3-4-9-21(20)24-12-14-28-15-13-24/h3-9,16H,10-15H2,1-2H3,(H,23,27). The fourth-order valence-corrected chi connectivity index (χ4v) is 3.35. The molecular weight excluding hydrogens is 354 g/mol. The zero-order valence-electron chi connectivity index (χ0n) is 16.5. The third-order valence-electron chi connectivity index (χ3n) is 4.79. The van der Waals surface area contributed by atoms with E-state index in [1.165, 1.54) is 6.92 Å². The van der Waals surface area contributed by atoms with Gasteiger partial charge in [-0.2, -0.15) is 0 Å². The van der Waals surface area contributed by atoms with Crippen LogP contribution in [0, 0.1) is 6.92 Å². The van der Waals surface area contributed by atoms with Crippen molar-refractivity contribution in [3.05, 3.63) is 54.1 Å². The lowest BCUT2D eigenvalue weighted by molar-refractivity contribution is -0.117. The molecule has 0 radical (unpaired) electrons. The number of para-hydroxylation sites is 2. The number of morpholine rings is 1. The summed E-state index contributed by atoms with van der Waals surface area (Å²) in [5.74, 6) is -0.188. The van der Waals surface area contributed by atoms with Gasteiger partial charge in [-0.05, 0) is 36.8 Å². The lowest BCUT2D eigenvalue weighted by atomic mass is 10.2. The SMILES string of the molecule is CC(=O)N(CCC(=O)Nc1ccccc1N1CCOCC1)c1cccc(C)c1. The fraction of sp³-hybridized carbons (Fsp3) is 0.364. The van der Waals surface area contributed by atoms with Gasteiger partial charge in [-0.3, -0.25) is 9.59 Å². The summed E-state index contributed by atoms with van der Waals surface area (Å²) in [6.07, 6.45) is 0.227. The number of amides is 2. The first-order chi connectivity index (χ1) is 13.5. The Bertz CT molecular complexity index is 831.